The van der Waals surface area contributed by atoms with Gasteiger partial charge in [-0.25, -0.2) is 0 Å². The van der Waals surface area contributed by atoms with Gasteiger partial charge in [0.05, 0.1) is 6.61 Å². The van der Waals surface area contributed by atoms with E-state index < -0.39 is 18.2 Å². The van der Waals surface area contributed by atoms with Gasteiger partial charge in [0.1, 0.15) is 0 Å². The molecule has 0 amide bonds. The fourth-order valence-corrected chi connectivity index (χ4v) is 2.79. The summed E-state index contributed by atoms with van der Waals surface area (Å²) in [6.45, 7) is 2.51. The molecule has 0 aromatic heterocycles. The van der Waals surface area contributed by atoms with Crippen LogP contribution in [0.4, 0.5) is 13.2 Å². The summed E-state index contributed by atoms with van der Waals surface area (Å²) >= 11 is 0. The molecule has 164 valence electrons. The van der Waals surface area contributed by atoms with Crippen molar-refractivity contribution in [3.63, 3.8) is 0 Å². The van der Waals surface area contributed by atoms with Gasteiger partial charge in [0.15, 0.2) is 0 Å². The number of ether oxygens (including phenoxy) is 2. The largest absolute Gasteiger partial charge is 0.466 e. The molecule has 29 heavy (non-hydrogen) atoms. The van der Waals surface area contributed by atoms with Gasteiger partial charge in [0, 0.05) is 18.4 Å². The standard InChI is InChI=1S/C22H31F3O4/c1-2-3-17-28-19(26)15-11-6-4-5-7-12-16-20(27)29-21(22(23,24)25)18-13-9-8-10-14-18/h8-10,13-14,21H,2-7,11-12,15-17H2,1H3. The zero-order valence-corrected chi connectivity index (χ0v) is 17.0. The Bertz CT molecular complexity index is 587. The molecule has 0 aliphatic rings. The highest BCUT2D eigenvalue weighted by molar-refractivity contribution is 5.70. The Labute approximate surface area is 170 Å². The van der Waals surface area contributed by atoms with E-state index in [1.165, 1.54) is 24.3 Å². The zero-order chi connectivity index (χ0) is 21.5. The maximum absolute atomic E-state index is 13.2. The van der Waals surface area contributed by atoms with E-state index in [9.17, 15) is 22.8 Å². The summed E-state index contributed by atoms with van der Waals surface area (Å²) in [4.78, 5) is 23.3. The lowest BCUT2D eigenvalue weighted by molar-refractivity contribution is -0.224. The van der Waals surface area contributed by atoms with E-state index in [4.69, 9.17) is 9.47 Å². The first-order chi connectivity index (χ1) is 13.8. The summed E-state index contributed by atoms with van der Waals surface area (Å²) in [6.07, 6.45) is 0.00328. The molecule has 0 saturated heterocycles. The number of unbranched alkanes of at least 4 members (excludes halogenated alkanes) is 6. The van der Waals surface area contributed by atoms with Crippen molar-refractivity contribution in [2.75, 3.05) is 6.61 Å². The van der Waals surface area contributed by atoms with Crippen LogP contribution in [0.25, 0.3) is 0 Å². The van der Waals surface area contributed by atoms with E-state index in [1.807, 2.05) is 6.92 Å². The molecule has 1 rings (SSSR count). The van der Waals surface area contributed by atoms with E-state index in [1.54, 1.807) is 6.07 Å². The van der Waals surface area contributed by atoms with E-state index >= 15 is 0 Å². The van der Waals surface area contributed by atoms with Crippen LogP contribution in [0.15, 0.2) is 30.3 Å². The molecule has 0 N–H and O–H groups in total. The van der Waals surface area contributed by atoms with Crippen molar-refractivity contribution < 1.29 is 32.2 Å². The van der Waals surface area contributed by atoms with Crippen LogP contribution in [0.1, 0.15) is 82.8 Å². The predicted molar refractivity (Wildman–Crippen MR) is 104 cm³/mol. The number of halogens is 3. The molecule has 0 spiro atoms. The molecule has 0 heterocycles. The van der Waals surface area contributed by atoms with Gasteiger partial charge in [-0.1, -0.05) is 69.4 Å². The summed E-state index contributed by atoms with van der Waals surface area (Å²) < 4.78 is 49.3. The Morgan fingerprint density at radius 1 is 0.862 bits per heavy atom. The second kappa shape index (κ2) is 14.0. The quantitative estimate of drug-likeness (QED) is 0.264. The van der Waals surface area contributed by atoms with Crippen molar-refractivity contribution in [2.45, 2.75) is 83.4 Å². The zero-order valence-electron chi connectivity index (χ0n) is 17.0. The minimum atomic E-state index is -4.64. The lowest BCUT2D eigenvalue weighted by atomic mass is 10.1. The number of carbonyl (C=O) groups excluding carboxylic acids is 2. The minimum absolute atomic E-state index is 0.0385. The fourth-order valence-electron chi connectivity index (χ4n) is 2.79. The minimum Gasteiger partial charge on any atom is -0.466 e. The third kappa shape index (κ3) is 11.5. The Morgan fingerprint density at radius 3 is 1.97 bits per heavy atom. The fraction of sp³-hybridized carbons (Fsp3) is 0.636. The molecular weight excluding hydrogens is 385 g/mol. The molecular formula is C22H31F3O4. The first-order valence-electron chi connectivity index (χ1n) is 10.3. The van der Waals surface area contributed by atoms with E-state index in [0.717, 1.165) is 44.9 Å². The second-order valence-corrected chi connectivity index (χ2v) is 7.02. The van der Waals surface area contributed by atoms with Crippen LogP contribution in [0.3, 0.4) is 0 Å². The summed E-state index contributed by atoms with van der Waals surface area (Å²) in [5, 5.41) is 0. The maximum atomic E-state index is 13.2. The number of hydrogen-bond acceptors (Lipinski definition) is 4. The smallest absolute Gasteiger partial charge is 0.429 e. The van der Waals surface area contributed by atoms with Crippen molar-refractivity contribution in [3.05, 3.63) is 35.9 Å². The van der Waals surface area contributed by atoms with Gasteiger partial charge >= 0.3 is 18.1 Å². The molecule has 1 aromatic rings. The van der Waals surface area contributed by atoms with E-state index in [0.29, 0.717) is 19.4 Å². The lowest BCUT2D eigenvalue weighted by Gasteiger charge is -2.21. The normalized spacial score (nSPS) is 12.4. The number of alkyl halides is 3. The SMILES string of the molecule is CCCCOC(=O)CCCCCCCCC(=O)OC(c1ccccc1)C(F)(F)F. The predicted octanol–water partition coefficient (Wildman–Crippen LogP) is 6.30. The molecule has 1 unspecified atom stereocenters. The van der Waals surface area contributed by atoms with Crippen LogP contribution < -0.4 is 0 Å². The number of benzene rings is 1. The molecule has 0 saturated carbocycles. The molecule has 1 aromatic carbocycles. The van der Waals surface area contributed by atoms with Gasteiger partial charge < -0.3 is 9.47 Å². The summed E-state index contributed by atoms with van der Waals surface area (Å²) in [5.74, 6) is -1.01. The van der Waals surface area contributed by atoms with Crippen LogP contribution >= 0.6 is 0 Å². The Kier molecular flexibility index (Phi) is 12.1. The third-order valence-electron chi connectivity index (χ3n) is 4.42. The number of rotatable bonds is 14. The van der Waals surface area contributed by atoms with Crippen LogP contribution in [-0.4, -0.2) is 24.7 Å². The number of esters is 2. The van der Waals surface area contributed by atoms with Gasteiger partial charge in [-0.3, -0.25) is 9.59 Å². The monoisotopic (exact) mass is 416 g/mol. The molecule has 1 atom stereocenters. The number of carbonyl (C=O) groups is 2. The Hall–Kier alpha value is -2.05. The Morgan fingerprint density at radius 2 is 1.41 bits per heavy atom. The van der Waals surface area contributed by atoms with Gasteiger partial charge in [-0.2, -0.15) is 13.2 Å². The molecule has 7 heteroatoms. The molecule has 0 aliphatic heterocycles. The Balaban J connectivity index is 2.15. The van der Waals surface area contributed by atoms with Crippen LogP contribution in [0.2, 0.25) is 0 Å². The average Bonchev–Trinajstić information content (AvgIpc) is 2.68. The summed E-state index contributed by atoms with van der Waals surface area (Å²) in [6, 6.07) is 7.16. The van der Waals surface area contributed by atoms with Crippen molar-refractivity contribution in [1.82, 2.24) is 0 Å². The van der Waals surface area contributed by atoms with Gasteiger partial charge in [-0.15, -0.1) is 0 Å². The van der Waals surface area contributed by atoms with Crippen molar-refractivity contribution in [2.24, 2.45) is 0 Å². The lowest BCUT2D eigenvalue weighted by Crippen LogP contribution is -2.26. The molecule has 4 nitrogen and oxygen atoms in total. The molecule has 0 radical (unpaired) electrons. The second-order valence-electron chi connectivity index (χ2n) is 7.02. The first-order valence-corrected chi connectivity index (χ1v) is 10.3. The summed E-state index contributed by atoms with van der Waals surface area (Å²) in [5.41, 5.74) is -0.0819. The topological polar surface area (TPSA) is 52.6 Å². The highest BCUT2D eigenvalue weighted by atomic mass is 19.4. The highest BCUT2D eigenvalue weighted by Gasteiger charge is 2.43. The molecule has 0 bridgehead atoms. The average molecular weight is 416 g/mol. The highest BCUT2D eigenvalue weighted by Crippen LogP contribution is 2.36. The van der Waals surface area contributed by atoms with Crippen molar-refractivity contribution in [1.29, 1.82) is 0 Å². The molecule has 0 fully saturated rings. The van der Waals surface area contributed by atoms with Crippen molar-refractivity contribution >= 4 is 11.9 Å². The van der Waals surface area contributed by atoms with Crippen LogP contribution in [-0.2, 0) is 19.1 Å². The summed E-state index contributed by atoms with van der Waals surface area (Å²) in [7, 11) is 0. The van der Waals surface area contributed by atoms with Crippen LogP contribution in [0, 0.1) is 0 Å². The van der Waals surface area contributed by atoms with E-state index in [2.05, 4.69) is 0 Å². The third-order valence-corrected chi connectivity index (χ3v) is 4.42. The van der Waals surface area contributed by atoms with Gasteiger partial charge in [0.2, 0.25) is 6.10 Å². The number of hydrogen-bond donors (Lipinski definition) is 0. The van der Waals surface area contributed by atoms with Crippen molar-refractivity contribution in [3.8, 4) is 0 Å². The first kappa shape index (κ1) is 25.0. The van der Waals surface area contributed by atoms with Crippen LogP contribution in [0.5, 0.6) is 0 Å². The maximum Gasteiger partial charge on any atom is 0.429 e. The molecule has 0 aliphatic carbocycles. The van der Waals surface area contributed by atoms with Gasteiger partial charge in [-0.05, 0) is 19.3 Å². The van der Waals surface area contributed by atoms with E-state index in [-0.39, 0.29) is 18.0 Å². The van der Waals surface area contributed by atoms with Gasteiger partial charge in [0.25, 0.3) is 0 Å².